The summed E-state index contributed by atoms with van der Waals surface area (Å²) in [5.41, 5.74) is 8.26. The monoisotopic (exact) mass is 374 g/mol. The van der Waals surface area contributed by atoms with Crippen LogP contribution in [0.2, 0.25) is 0 Å². The molecule has 1 amide bonds. The van der Waals surface area contributed by atoms with Gasteiger partial charge < -0.3 is 20.2 Å². The van der Waals surface area contributed by atoms with Crippen LogP contribution in [0, 0.1) is 12.3 Å². The predicted molar refractivity (Wildman–Crippen MR) is 97.8 cm³/mol. The lowest BCUT2D eigenvalue weighted by molar-refractivity contribution is -0.136. The molecule has 6 nitrogen and oxygen atoms in total. The minimum absolute atomic E-state index is 0. The summed E-state index contributed by atoms with van der Waals surface area (Å²) >= 11 is 0. The van der Waals surface area contributed by atoms with Gasteiger partial charge in [0.1, 0.15) is 5.65 Å². The van der Waals surface area contributed by atoms with Crippen LogP contribution in [0.15, 0.2) is 24.5 Å². The van der Waals surface area contributed by atoms with E-state index in [9.17, 15) is 4.79 Å². The third-order valence-corrected chi connectivity index (χ3v) is 4.40. The maximum atomic E-state index is 12.5. The quantitative estimate of drug-likeness (QED) is 0.855. The Kier molecular flexibility index (Phi) is 7.48. The number of nitrogens with two attached hydrogens (primary N) is 1. The molecule has 24 heavy (non-hydrogen) atoms. The molecule has 0 atom stereocenters. The first kappa shape index (κ1) is 20.7. The molecule has 134 valence electrons. The molecule has 2 aromatic rings. The molecule has 0 radical (unpaired) electrons. The summed E-state index contributed by atoms with van der Waals surface area (Å²) in [5.74, 6) is 0.00605. The molecule has 1 aliphatic heterocycles. The number of nitrogens with zero attached hydrogens (tertiary/aromatic N) is 2. The van der Waals surface area contributed by atoms with Gasteiger partial charge in [-0.15, -0.1) is 24.8 Å². The number of aromatic nitrogens is 2. The van der Waals surface area contributed by atoms with Crippen LogP contribution in [0.4, 0.5) is 0 Å². The van der Waals surface area contributed by atoms with Crippen LogP contribution in [0.3, 0.4) is 0 Å². The third-order valence-electron chi connectivity index (χ3n) is 4.40. The molecule has 1 saturated heterocycles. The van der Waals surface area contributed by atoms with E-state index in [4.69, 9.17) is 10.5 Å². The zero-order chi connectivity index (χ0) is 15.6. The van der Waals surface area contributed by atoms with Crippen molar-refractivity contribution in [3.63, 3.8) is 0 Å². The van der Waals surface area contributed by atoms with Crippen molar-refractivity contribution in [1.82, 2.24) is 14.7 Å². The number of carbonyl (C=O) groups excluding carboxylic acids is 1. The molecule has 1 aliphatic rings. The molecule has 0 aromatic carbocycles. The number of aryl methyl sites for hydroxylation is 1. The molecule has 0 spiro atoms. The summed E-state index contributed by atoms with van der Waals surface area (Å²) in [6.07, 6.45) is 5.33. The van der Waals surface area contributed by atoms with Gasteiger partial charge in [-0.1, -0.05) is 6.07 Å². The number of nitrogens with one attached hydrogen (secondary N) is 1. The molecule has 0 bridgehead atoms. The molecular weight excluding hydrogens is 351 g/mol. The first-order chi connectivity index (χ1) is 10.6. The molecular formula is C16H24Cl2N4O2. The smallest absolute Gasteiger partial charge is 0.227 e. The molecule has 3 N–H and O–H groups in total. The van der Waals surface area contributed by atoms with Crippen LogP contribution < -0.4 is 11.1 Å². The third kappa shape index (κ3) is 4.19. The normalized spacial score (nSPS) is 16.1. The van der Waals surface area contributed by atoms with Crippen molar-refractivity contribution in [2.45, 2.75) is 26.3 Å². The Balaban J connectivity index is 0.00000144. The molecule has 0 saturated carbocycles. The van der Waals surface area contributed by atoms with E-state index in [0.29, 0.717) is 39.1 Å². The van der Waals surface area contributed by atoms with Gasteiger partial charge in [-0.2, -0.15) is 0 Å². The second-order valence-corrected chi connectivity index (χ2v) is 5.98. The van der Waals surface area contributed by atoms with E-state index in [-0.39, 0.29) is 30.7 Å². The average Bonchev–Trinajstić information content (AvgIpc) is 2.95. The topological polar surface area (TPSA) is 81.7 Å². The molecule has 0 unspecified atom stereocenters. The minimum atomic E-state index is -0.492. The van der Waals surface area contributed by atoms with Crippen molar-refractivity contribution in [3.05, 3.63) is 35.8 Å². The van der Waals surface area contributed by atoms with Gasteiger partial charge in [-0.3, -0.25) is 4.79 Å². The summed E-state index contributed by atoms with van der Waals surface area (Å²) in [6, 6.07) is 4.00. The van der Waals surface area contributed by atoms with E-state index >= 15 is 0 Å². The van der Waals surface area contributed by atoms with Crippen molar-refractivity contribution >= 4 is 36.4 Å². The fourth-order valence-electron chi connectivity index (χ4n) is 2.89. The van der Waals surface area contributed by atoms with Crippen LogP contribution in [-0.2, 0) is 16.1 Å². The zero-order valence-electron chi connectivity index (χ0n) is 13.7. The highest BCUT2D eigenvalue weighted by molar-refractivity contribution is 5.85. The van der Waals surface area contributed by atoms with Gasteiger partial charge in [-0.25, -0.2) is 4.98 Å². The predicted octanol–water partition coefficient (Wildman–Crippen LogP) is 1.86. The highest BCUT2D eigenvalue weighted by atomic mass is 35.5. The second-order valence-electron chi connectivity index (χ2n) is 5.98. The zero-order valence-corrected chi connectivity index (χ0v) is 15.3. The summed E-state index contributed by atoms with van der Waals surface area (Å²) < 4.78 is 7.32. The molecule has 3 rings (SSSR count). The number of rotatable bonds is 4. The number of halogens is 2. The fourth-order valence-corrected chi connectivity index (χ4v) is 2.89. The van der Waals surface area contributed by atoms with E-state index in [0.717, 1.165) is 11.3 Å². The molecule has 0 aliphatic carbocycles. The van der Waals surface area contributed by atoms with E-state index < -0.39 is 5.41 Å². The Bertz CT molecular complexity index is 684. The largest absolute Gasteiger partial charge is 0.381 e. The Morgan fingerprint density at radius 2 is 2.04 bits per heavy atom. The number of carbonyl (C=O) groups is 1. The number of hydrogen-bond donors (Lipinski definition) is 2. The molecule has 3 heterocycles. The van der Waals surface area contributed by atoms with Crippen molar-refractivity contribution in [2.75, 3.05) is 19.8 Å². The van der Waals surface area contributed by atoms with Crippen LogP contribution in [-0.4, -0.2) is 35.1 Å². The Morgan fingerprint density at radius 3 is 2.71 bits per heavy atom. The van der Waals surface area contributed by atoms with Gasteiger partial charge in [0.15, 0.2) is 0 Å². The van der Waals surface area contributed by atoms with Crippen LogP contribution >= 0.6 is 24.8 Å². The van der Waals surface area contributed by atoms with Crippen molar-refractivity contribution in [3.8, 4) is 0 Å². The second kappa shape index (κ2) is 8.67. The van der Waals surface area contributed by atoms with Gasteiger partial charge in [0.2, 0.25) is 5.91 Å². The Morgan fingerprint density at radius 1 is 1.33 bits per heavy atom. The van der Waals surface area contributed by atoms with E-state index in [2.05, 4.69) is 10.3 Å². The van der Waals surface area contributed by atoms with Gasteiger partial charge in [-0.05, 0) is 31.4 Å². The fraction of sp³-hybridized carbons (Fsp3) is 0.500. The van der Waals surface area contributed by atoms with E-state index in [1.165, 1.54) is 5.56 Å². The van der Waals surface area contributed by atoms with Gasteiger partial charge in [0, 0.05) is 32.2 Å². The molecule has 8 heteroatoms. The standard InChI is InChI=1S/C16H22N4O2.2ClH/c1-12-2-3-14-19-13(10-20(14)9-12)8-18-15(21)16(11-17)4-6-22-7-5-16;;/h2-3,9-10H,4-8,11,17H2,1H3,(H,18,21);2*1H. The van der Waals surface area contributed by atoms with Crippen molar-refractivity contribution < 1.29 is 9.53 Å². The number of ether oxygens (including phenoxy) is 1. The van der Waals surface area contributed by atoms with Crippen LogP contribution in [0.1, 0.15) is 24.1 Å². The Labute approximate surface area is 154 Å². The maximum absolute atomic E-state index is 12.5. The number of amides is 1. The first-order valence-corrected chi connectivity index (χ1v) is 7.63. The van der Waals surface area contributed by atoms with E-state index in [1.54, 1.807) is 0 Å². The summed E-state index contributed by atoms with van der Waals surface area (Å²) in [6.45, 7) is 4.00. The number of pyridine rings is 1. The lowest BCUT2D eigenvalue weighted by atomic mass is 9.79. The van der Waals surface area contributed by atoms with E-state index in [1.807, 2.05) is 35.9 Å². The number of hydrogen-bond acceptors (Lipinski definition) is 4. The lowest BCUT2D eigenvalue weighted by Gasteiger charge is -2.34. The van der Waals surface area contributed by atoms with Crippen molar-refractivity contribution in [1.29, 1.82) is 0 Å². The molecule has 1 fully saturated rings. The summed E-state index contributed by atoms with van der Waals surface area (Å²) in [5, 5.41) is 2.99. The van der Waals surface area contributed by atoms with Gasteiger partial charge in [0.05, 0.1) is 17.7 Å². The maximum Gasteiger partial charge on any atom is 0.227 e. The van der Waals surface area contributed by atoms with Crippen molar-refractivity contribution in [2.24, 2.45) is 11.1 Å². The Hall–Kier alpha value is -1.34. The SMILES string of the molecule is Cc1ccc2nc(CNC(=O)C3(CN)CCOCC3)cn2c1.Cl.Cl. The number of imidazole rings is 1. The average molecular weight is 375 g/mol. The van der Waals surface area contributed by atoms with Gasteiger partial charge in [0.25, 0.3) is 0 Å². The first-order valence-electron chi connectivity index (χ1n) is 7.63. The lowest BCUT2D eigenvalue weighted by Crippen LogP contribution is -2.49. The summed E-state index contributed by atoms with van der Waals surface area (Å²) in [7, 11) is 0. The highest BCUT2D eigenvalue weighted by Gasteiger charge is 2.38. The summed E-state index contributed by atoms with van der Waals surface area (Å²) in [4.78, 5) is 17.0. The number of fused-ring (bicyclic) bond motifs is 1. The van der Waals surface area contributed by atoms with Gasteiger partial charge >= 0.3 is 0 Å². The van der Waals surface area contributed by atoms with Crippen LogP contribution in [0.25, 0.3) is 5.65 Å². The highest BCUT2D eigenvalue weighted by Crippen LogP contribution is 2.29. The van der Waals surface area contributed by atoms with Crippen LogP contribution in [0.5, 0.6) is 0 Å². The molecule has 2 aromatic heterocycles. The minimum Gasteiger partial charge on any atom is -0.381 e.